The summed E-state index contributed by atoms with van der Waals surface area (Å²) in [6.07, 6.45) is 4.15. The van der Waals surface area contributed by atoms with E-state index >= 15 is 0 Å². The number of H-pyrrole nitrogens is 1. The molecule has 0 saturated heterocycles. The summed E-state index contributed by atoms with van der Waals surface area (Å²) in [5.74, 6) is 0. The van der Waals surface area contributed by atoms with Crippen molar-refractivity contribution in [1.82, 2.24) is 20.2 Å². The molecule has 43 valence electrons. The molecule has 0 atom stereocenters. The lowest BCUT2D eigenvalue weighted by Crippen LogP contribution is -1.78. The molecule has 9 heavy (non-hydrogen) atoms. The Morgan fingerprint density at radius 1 is 1.56 bits per heavy atom. The van der Waals surface area contributed by atoms with Gasteiger partial charge < -0.3 is 4.98 Å². The second-order valence-electron chi connectivity index (χ2n) is 1.61. The van der Waals surface area contributed by atoms with E-state index in [1.807, 2.05) is 0 Å². The number of hydrogen-bond donors (Lipinski definition) is 1. The summed E-state index contributed by atoms with van der Waals surface area (Å²) >= 11 is 0. The first-order valence-corrected chi connectivity index (χ1v) is 2.50. The molecule has 2 heterocycles. The molecule has 2 aromatic heterocycles. The van der Waals surface area contributed by atoms with E-state index in [4.69, 9.17) is 0 Å². The van der Waals surface area contributed by atoms with Crippen LogP contribution < -0.4 is 0 Å². The smallest absolute Gasteiger partial charge is 0.180 e. The number of nitrogens with zero attached hydrogens (tertiary/aromatic N) is 3. The molecule has 4 nitrogen and oxygen atoms in total. The Bertz CT molecular complexity index is 283. The third kappa shape index (κ3) is 0.561. The number of imidazole rings is 1. The van der Waals surface area contributed by atoms with Gasteiger partial charge in [0, 0.05) is 0 Å². The highest BCUT2D eigenvalue weighted by molar-refractivity contribution is 5.67. The highest BCUT2D eigenvalue weighted by Gasteiger charge is 1.92. The van der Waals surface area contributed by atoms with Gasteiger partial charge in [0.2, 0.25) is 0 Å². The van der Waals surface area contributed by atoms with Crippen LogP contribution >= 0.6 is 0 Å². The second-order valence-corrected chi connectivity index (χ2v) is 1.61. The third-order valence-corrected chi connectivity index (χ3v) is 1.05. The minimum atomic E-state index is 0.678. The molecule has 1 radical (unpaired) electrons. The molecule has 0 aromatic carbocycles. The molecule has 2 rings (SSSR count). The summed E-state index contributed by atoms with van der Waals surface area (Å²) in [5, 5.41) is 7.39. The van der Waals surface area contributed by atoms with Gasteiger partial charge in [-0.2, -0.15) is 5.10 Å². The average Bonchev–Trinajstić information content (AvgIpc) is 2.33. The zero-order chi connectivity index (χ0) is 6.10. The quantitative estimate of drug-likeness (QED) is 0.537. The Hall–Kier alpha value is -1.45. The molecule has 0 amide bonds. The predicted octanol–water partition coefficient (Wildman–Crippen LogP) is 0.153. The lowest BCUT2D eigenvalue weighted by molar-refractivity contribution is 1.06. The molecular formula is C5H3N4. The van der Waals surface area contributed by atoms with Crippen LogP contribution in [0.4, 0.5) is 0 Å². The van der Waals surface area contributed by atoms with Crippen LogP contribution in [0.5, 0.6) is 0 Å². The maximum Gasteiger partial charge on any atom is 0.180 e. The van der Waals surface area contributed by atoms with E-state index in [1.54, 1.807) is 12.3 Å². The monoisotopic (exact) mass is 119 g/mol. The van der Waals surface area contributed by atoms with E-state index in [-0.39, 0.29) is 0 Å². The van der Waals surface area contributed by atoms with Crippen molar-refractivity contribution in [3.8, 4) is 0 Å². The van der Waals surface area contributed by atoms with Crippen LogP contribution in [0, 0.1) is 6.33 Å². The molecule has 0 bridgehead atoms. The molecule has 0 aliphatic heterocycles. The van der Waals surface area contributed by atoms with Crippen LogP contribution in [0.25, 0.3) is 11.2 Å². The van der Waals surface area contributed by atoms with Crippen molar-refractivity contribution in [1.29, 1.82) is 0 Å². The molecule has 1 N–H and O–H groups in total. The third-order valence-electron chi connectivity index (χ3n) is 1.05. The van der Waals surface area contributed by atoms with Crippen molar-refractivity contribution in [2.24, 2.45) is 0 Å². The molecule has 0 aliphatic carbocycles. The summed E-state index contributed by atoms with van der Waals surface area (Å²) in [4.78, 5) is 6.55. The highest BCUT2D eigenvalue weighted by Crippen LogP contribution is 1.99. The molecule has 0 saturated carbocycles. The fourth-order valence-corrected chi connectivity index (χ4v) is 0.646. The Balaban J connectivity index is 2.95. The molecule has 0 aliphatic rings. The fraction of sp³-hybridized carbons (Fsp3) is 0. The minimum absolute atomic E-state index is 0.678. The Morgan fingerprint density at radius 3 is 3.44 bits per heavy atom. The van der Waals surface area contributed by atoms with Gasteiger partial charge in [0.15, 0.2) is 12.0 Å². The SMILES string of the molecule is [c]1nc2ccnnc2[nH]1. The van der Waals surface area contributed by atoms with E-state index < -0.39 is 0 Å². The van der Waals surface area contributed by atoms with E-state index in [0.29, 0.717) is 5.65 Å². The van der Waals surface area contributed by atoms with Crippen molar-refractivity contribution < 1.29 is 0 Å². The fourth-order valence-electron chi connectivity index (χ4n) is 0.646. The van der Waals surface area contributed by atoms with E-state index in [0.717, 1.165) is 5.52 Å². The number of aromatic nitrogens is 4. The maximum atomic E-state index is 3.84. The van der Waals surface area contributed by atoms with Crippen molar-refractivity contribution >= 4 is 11.2 Å². The standard InChI is InChI=1S/C5H3N4/c1-2-8-9-5-4(1)6-3-7-5/h1-2H,(H,6,7,9). The Labute approximate surface area is 50.9 Å². The highest BCUT2D eigenvalue weighted by atomic mass is 15.1. The van der Waals surface area contributed by atoms with Gasteiger partial charge in [-0.15, -0.1) is 5.10 Å². The average molecular weight is 119 g/mol. The van der Waals surface area contributed by atoms with E-state index in [2.05, 4.69) is 26.5 Å². The van der Waals surface area contributed by atoms with Crippen LogP contribution in [0.1, 0.15) is 0 Å². The summed E-state index contributed by atoms with van der Waals surface area (Å²) in [7, 11) is 0. The van der Waals surface area contributed by atoms with Crippen LogP contribution in [0.3, 0.4) is 0 Å². The van der Waals surface area contributed by atoms with Crippen LogP contribution in [-0.2, 0) is 0 Å². The van der Waals surface area contributed by atoms with Crippen molar-refractivity contribution in [2.45, 2.75) is 0 Å². The summed E-state index contributed by atoms with van der Waals surface area (Å²) in [5.41, 5.74) is 1.47. The van der Waals surface area contributed by atoms with Gasteiger partial charge in [0.1, 0.15) is 5.52 Å². The second kappa shape index (κ2) is 1.51. The lowest BCUT2D eigenvalue weighted by atomic mass is 10.5. The van der Waals surface area contributed by atoms with Gasteiger partial charge in [-0.25, -0.2) is 4.98 Å². The van der Waals surface area contributed by atoms with Gasteiger partial charge in [-0.1, -0.05) is 0 Å². The number of fused-ring (bicyclic) bond motifs is 1. The van der Waals surface area contributed by atoms with Gasteiger partial charge in [0.05, 0.1) is 6.20 Å². The van der Waals surface area contributed by atoms with Crippen LogP contribution in [0.15, 0.2) is 12.3 Å². The van der Waals surface area contributed by atoms with Gasteiger partial charge in [0.25, 0.3) is 0 Å². The van der Waals surface area contributed by atoms with E-state index in [9.17, 15) is 0 Å². The largest absolute Gasteiger partial charge is 0.318 e. The number of nitrogens with one attached hydrogen (secondary N) is 1. The zero-order valence-electron chi connectivity index (χ0n) is 4.50. The molecular weight excluding hydrogens is 116 g/mol. The first-order chi connectivity index (χ1) is 4.47. The van der Waals surface area contributed by atoms with Gasteiger partial charge in [-0.05, 0) is 6.07 Å². The van der Waals surface area contributed by atoms with Crippen LogP contribution in [0.2, 0.25) is 0 Å². The summed E-state index contributed by atoms with van der Waals surface area (Å²) < 4.78 is 0. The van der Waals surface area contributed by atoms with Gasteiger partial charge in [-0.3, -0.25) is 0 Å². The summed E-state index contributed by atoms with van der Waals surface area (Å²) in [6.45, 7) is 0. The maximum absolute atomic E-state index is 3.84. The molecule has 0 fully saturated rings. The van der Waals surface area contributed by atoms with Crippen LogP contribution in [-0.4, -0.2) is 20.2 Å². The first-order valence-electron chi connectivity index (χ1n) is 2.50. The Kier molecular flexibility index (Phi) is 0.745. The van der Waals surface area contributed by atoms with Crippen molar-refractivity contribution in [3.63, 3.8) is 0 Å². The molecule has 0 unspecified atom stereocenters. The number of hydrogen-bond acceptors (Lipinski definition) is 3. The van der Waals surface area contributed by atoms with E-state index in [1.165, 1.54) is 0 Å². The Morgan fingerprint density at radius 2 is 2.56 bits per heavy atom. The predicted molar refractivity (Wildman–Crippen MR) is 30.5 cm³/mol. The van der Waals surface area contributed by atoms with Crippen molar-refractivity contribution in [3.05, 3.63) is 18.6 Å². The molecule has 4 heteroatoms. The molecule has 2 aromatic rings. The van der Waals surface area contributed by atoms with Gasteiger partial charge >= 0.3 is 0 Å². The number of rotatable bonds is 0. The number of aromatic amines is 1. The first kappa shape index (κ1) is 4.43. The topological polar surface area (TPSA) is 54.5 Å². The minimum Gasteiger partial charge on any atom is -0.318 e. The van der Waals surface area contributed by atoms with Crippen molar-refractivity contribution in [2.75, 3.05) is 0 Å². The summed E-state index contributed by atoms with van der Waals surface area (Å²) in [6, 6.07) is 1.77. The molecule has 0 spiro atoms. The normalized spacial score (nSPS) is 10.2. The lowest BCUT2D eigenvalue weighted by Gasteiger charge is -1.79. The zero-order valence-corrected chi connectivity index (χ0v) is 4.50.